The molecule has 0 amide bonds. The van der Waals surface area contributed by atoms with E-state index in [4.69, 9.17) is 10.5 Å². The van der Waals surface area contributed by atoms with Crippen LogP contribution in [0.4, 0.5) is 5.82 Å². The molecule has 0 unspecified atom stereocenters. The van der Waals surface area contributed by atoms with E-state index in [9.17, 15) is 8.42 Å². The zero-order valence-electron chi connectivity index (χ0n) is 10.4. The fourth-order valence-corrected chi connectivity index (χ4v) is 2.56. The van der Waals surface area contributed by atoms with Crippen LogP contribution in [0.5, 0.6) is 0 Å². The number of nitriles is 2. The SMILES string of the molecule is Cn1cc(C#N)c(NS(=O)(=O)c2ccc(C#N)cc2)n1. The Morgan fingerprint density at radius 1 is 1.20 bits per heavy atom. The van der Waals surface area contributed by atoms with Gasteiger partial charge in [0, 0.05) is 13.2 Å². The summed E-state index contributed by atoms with van der Waals surface area (Å²) in [6.07, 6.45) is 1.41. The van der Waals surface area contributed by atoms with Crippen LogP contribution in [-0.2, 0) is 17.1 Å². The van der Waals surface area contributed by atoms with E-state index >= 15 is 0 Å². The van der Waals surface area contributed by atoms with E-state index in [0.29, 0.717) is 5.56 Å². The molecule has 7 nitrogen and oxygen atoms in total. The van der Waals surface area contributed by atoms with E-state index in [-0.39, 0.29) is 16.3 Å². The number of sulfonamides is 1. The molecule has 1 aromatic carbocycles. The van der Waals surface area contributed by atoms with E-state index in [1.165, 1.54) is 35.1 Å². The van der Waals surface area contributed by atoms with Crippen molar-refractivity contribution >= 4 is 15.8 Å². The first-order valence-electron chi connectivity index (χ1n) is 5.43. The number of benzene rings is 1. The summed E-state index contributed by atoms with van der Waals surface area (Å²) in [4.78, 5) is -0.00829. The number of anilines is 1. The van der Waals surface area contributed by atoms with Crippen molar-refractivity contribution in [1.29, 1.82) is 10.5 Å². The summed E-state index contributed by atoms with van der Waals surface area (Å²) in [5.41, 5.74) is 0.490. The molecule has 0 fully saturated rings. The molecule has 20 heavy (non-hydrogen) atoms. The number of hydrogen-bond acceptors (Lipinski definition) is 5. The van der Waals surface area contributed by atoms with Gasteiger partial charge in [0.05, 0.1) is 16.5 Å². The summed E-state index contributed by atoms with van der Waals surface area (Å²) in [5, 5.41) is 21.4. The number of hydrogen-bond donors (Lipinski definition) is 1. The van der Waals surface area contributed by atoms with Gasteiger partial charge in [0.1, 0.15) is 11.6 Å². The topological polar surface area (TPSA) is 112 Å². The molecule has 0 saturated heterocycles. The second-order valence-corrected chi connectivity index (χ2v) is 5.60. The van der Waals surface area contributed by atoms with Crippen molar-refractivity contribution in [2.45, 2.75) is 4.90 Å². The van der Waals surface area contributed by atoms with Crippen LogP contribution in [0.25, 0.3) is 0 Å². The van der Waals surface area contributed by atoms with Crippen LogP contribution < -0.4 is 4.72 Å². The predicted molar refractivity (Wildman–Crippen MR) is 69.9 cm³/mol. The molecule has 2 aromatic rings. The first kappa shape index (κ1) is 13.6. The quantitative estimate of drug-likeness (QED) is 0.903. The third-order valence-corrected chi connectivity index (χ3v) is 3.83. The molecule has 0 radical (unpaired) electrons. The van der Waals surface area contributed by atoms with Gasteiger partial charge in [-0.3, -0.25) is 9.40 Å². The Hall–Kier alpha value is -2.84. The molecule has 0 bridgehead atoms. The molecule has 1 N–H and O–H groups in total. The molecule has 8 heteroatoms. The van der Waals surface area contributed by atoms with Crippen LogP contribution in [0, 0.1) is 22.7 Å². The second-order valence-electron chi connectivity index (χ2n) is 3.92. The number of aromatic nitrogens is 2. The molecule has 2 rings (SSSR count). The van der Waals surface area contributed by atoms with Crippen LogP contribution in [0.1, 0.15) is 11.1 Å². The Balaban J connectivity index is 2.36. The third-order valence-electron chi connectivity index (χ3n) is 2.47. The molecule has 0 aliphatic heterocycles. The average molecular weight is 287 g/mol. The summed E-state index contributed by atoms with van der Waals surface area (Å²) in [5.74, 6) is -0.0284. The van der Waals surface area contributed by atoms with Gasteiger partial charge >= 0.3 is 0 Å². The van der Waals surface area contributed by atoms with Crippen molar-refractivity contribution in [2.75, 3.05) is 4.72 Å². The first-order valence-corrected chi connectivity index (χ1v) is 6.91. The van der Waals surface area contributed by atoms with Crippen molar-refractivity contribution in [1.82, 2.24) is 9.78 Å². The highest BCUT2D eigenvalue weighted by atomic mass is 32.2. The number of rotatable bonds is 3. The zero-order chi connectivity index (χ0) is 14.8. The van der Waals surface area contributed by atoms with Gasteiger partial charge in [-0.05, 0) is 24.3 Å². The molecule has 0 aliphatic rings. The second kappa shape index (κ2) is 5.03. The summed E-state index contributed by atoms with van der Waals surface area (Å²) >= 11 is 0. The molecular formula is C12H9N5O2S. The maximum Gasteiger partial charge on any atom is 0.263 e. The van der Waals surface area contributed by atoms with Crippen molar-refractivity contribution in [3.05, 3.63) is 41.6 Å². The normalized spacial score (nSPS) is 10.6. The number of nitrogens with zero attached hydrogens (tertiary/aromatic N) is 4. The largest absolute Gasteiger partial charge is 0.272 e. The van der Waals surface area contributed by atoms with E-state index < -0.39 is 10.0 Å². The summed E-state index contributed by atoms with van der Waals surface area (Å²) in [6.45, 7) is 0. The van der Waals surface area contributed by atoms with Crippen molar-refractivity contribution in [3.63, 3.8) is 0 Å². The zero-order valence-corrected chi connectivity index (χ0v) is 11.2. The van der Waals surface area contributed by atoms with Crippen LogP contribution in [0.3, 0.4) is 0 Å². The Bertz CT molecular complexity index is 822. The van der Waals surface area contributed by atoms with Crippen LogP contribution in [0.15, 0.2) is 35.4 Å². The van der Waals surface area contributed by atoms with E-state index in [2.05, 4.69) is 9.82 Å². The van der Waals surface area contributed by atoms with Crippen molar-refractivity contribution < 1.29 is 8.42 Å². The van der Waals surface area contributed by atoms with Gasteiger partial charge < -0.3 is 0 Å². The van der Waals surface area contributed by atoms with Gasteiger partial charge in [0.25, 0.3) is 10.0 Å². The van der Waals surface area contributed by atoms with Gasteiger partial charge in [-0.2, -0.15) is 15.6 Å². The summed E-state index contributed by atoms with van der Waals surface area (Å²) in [7, 11) is -2.26. The minimum atomic E-state index is -3.84. The smallest absolute Gasteiger partial charge is 0.263 e. The maximum atomic E-state index is 12.1. The molecule has 1 aromatic heterocycles. The van der Waals surface area contributed by atoms with Gasteiger partial charge in [-0.15, -0.1) is 0 Å². The lowest BCUT2D eigenvalue weighted by molar-refractivity contribution is 0.601. The first-order chi connectivity index (χ1) is 9.46. The fraction of sp³-hybridized carbons (Fsp3) is 0.0833. The standard InChI is InChI=1S/C12H9N5O2S/c1-17-8-10(7-14)12(15-17)16-20(18,19)11-4-2-9(6-13)3-5-11/h2-5,8H,1H3,(H,15,16). The molecular weight excluding hydrogens is 278 g/mol. The lowest BCUT2D eigenvalue weighted by Crippen LogP contribution is -2.14. The maximum absolute atomic E-state index is 12.1. The Morgan fingerprint density at radius 2 is 1.85 bits per heavy atom. The Kier molecular flexibility index (Phi) is 3.42. The summed E-state index contributed by atoms with van der Waals surface area (Å²) in [6, 6.07) is 9.19. The Labute approximate surface area is 115 Å². The van der Waals surface area contributed by atoms with Gasteiger partial charge in [0.2, 0.25) is 0 Å². The van der Waals surface area contributed by atoms with Crippen LogP contribution >= 0.6 is 0 Å². The molecule has 0 saturated carbocycles. The molecule has 100 valence electrons. The minimum absolute atomic E-state index is 0.00829. The fourth-order valence-electron chi connectivity index (χ4n) is 1.54. The van der Waals surface area contributed by atoms with Gasteiger partial charge in [0.15, 0.2) is 5.82 Å². The van der Waals surface area contributed by atoms with Crippen LogP contribution in [-0.4, -0.2) is 18.2 Å². The molecule has 0 aliphatic carbocycles. The van der Waals surface area contributed by atoms with E-state index in [0.717, 1.165) is 0 Å². The average Bonchev–Trinajstić information content (AvgIpc) is 2.78. The molecule has 0 spiro atoms. The van der Waals surface area contributed by atoms with E-state index in [1.54, 1.807) is 7.05 Å². The molecule has 1 heterocycles. The number of aryl methyl sites for hydroxylation is 1. The summed E-state index contributed by atoms with van der Waals surface area (Å²) < 4.78 is 27.8. The van der Waals surface area contributed by atoms with Crippen LogP contribution in [0.2, 0.25) is 0 Å². The highest BCUT2D eigenvalue weighted by Gasteiger charge is 2.18. The highest BCUT2D eigenvalue weighted by molar-refractivity contribution is 7.92. The highest BCUT2D eigenvalue weighted by Crippen LogP contribution is 2.18. The lowest BCUT2D eigenvalue weighted by Gasteiger charge is -2.05. The van der Waals surface area contributed by atoms with Gasteiger partial charge in [-0.1, -0.05) is 0 Å². The van der Waals surface area contributed by atoms with Crippen molar-refractivity contribution in [2.24, 2.45) is 7.05 Å². The van der Waals surface area contributed by atoms with Crippen molar-refractivity contribution in [3.8, 4) is 12.1 Å². The van der Waals surface area contributed by atoms with E-state index in [1.807, 2.05) is 12.1 Å². The number of nitrogens with one attached hydrogen (secondary N) is 1. The van der Waals surface area contributed by atoms with Gasteiger partial charge in [-0.25, -0.2) is 8.42 Å². The third kappa shape index (κ3) is 2.60. The lowest BCUT2D eigenvalue weighted by atomic mass is 10.2. The minimum Gasteiger partial charge on any atom is -0.272 e. The molecule has 0 atom stereocenters. The Morgan fingerprint density at radius 3 is 2.40 bits per heavy atom. The predicted octanol–water partition coefficient (Wildman–Crippen LogP) is 0.964. The monoisotopic (exact) mass is 287 g/mol.